The van der Waals surface area contributed by atoms with E-state index in [-0.39, 0.29) is 12.3 Å². The van der Waals surface area contributed by atoms with Gasteiger partial charge in [-0.1, -0.05) is 18.2 Å². The summed E-state index contributed by atoms with van der Waals surface area (Å²) in [7, 11) is 1.71. The molecule has 1 aromatic rings. The summed E-state index contributed by atoms with van der Waals surface area (Å²) in [6, 6.07) is 5.02. The lowest BCUT2D eigenvalue weighted by molar-refractivity contribution is -0.137. The molecular formula is C13H16N2O3. The monoisotopic (exact) mass is 248 g/mol. The summed E-state index contributed by atoms with van der Waals surface area (Å²) in [5, 5.41) is 8.81. The molecule has 1 aliphatic rings. The molecule has 0 saturated carbocycles. The number of anilines is 1. The van der Waals surface area contributed by atoms with E-state index in [1.165, 1.54) is 0 Å². The highest BCUT2D eigenvalue weighted by molar-refractivity contribution is 5.97. The third kappa shape index (κ3) is 2.22. The summed E-state index contributed by atoms with van der Waals surface area (Å²) in [4.78, 5) is 24.0. The van der Waals surface area contributed by atoms with E-state index in [4.69, 9.17) is 10.8 Å². The van der Waals surface area contributed by atoms with Crippen molar-refractivity contribution in [2.24, 2.45) is 5.73 Å². The molecule has 0 aliphatic carbocycles. The molecule has 0 spiro atoms. The average molecular weight is 248 g/mol. The molecule has 1 unspecified atom stereocenters. The summed E-state index contributed by atoms with van der Waals surface area (Å²) >= 11 is 0. The Morgan fingerprint density at radius 2 is 2.22 bits per heavy atom. The second kappa shape index (κ2) is 4.78. The molecule has 0 saturated heterocycles. The van der Waals surface area contributed by atoms with Crippen molar-refractivity contribution in [3.8, 4) is 0 Å². The second-order valence-electron chi connectivity index (χ2n) is 4.51. The van der Waals surface area contributed by atoms with Crippen LogP contribution >= 0.6 is 0 Å². The molecule has 0 radical (unpaired) electrons. The molecule has 1 aromatic carbocycles. The SMILES string of the molecule is CN1C(=O)CCc2cccc(C(N)CC(=O)O)c21. The van der Waals surface area contributed by atoms with Crippen molar-refractivity contribution in [2.75, 3.05) is 11.9 Å². The zero-order valence-electron chi connectivity index (χ0n) is 10.2. The number of nitrogens with zero attached hydrogens (tertiary/aromatic N) is 1. The summed E-state index contributed by atoms with van der Waals surface area (Å²) in [5.41, 5.74) is 8.47. The predicted molar refractivity (Wildman–Crippen MR) is 67.4 cm³/mol. The number of nitrogens with two attached hydrogens (primary N) is 1. The van der Waals surface area contributed by atoms with E-state index < -0.39 is 12.0 Å². The predicted octanol–water partition coefficient (Wildman–Crippen LogP) is 1.07. The molecule has 0 aromatic heterocycles. The molecule has 1 atom stereocenters. The minimum absolute atomic E-state index is 0.0393. The lowest BCUT2D eigenvalue weighted by atomic mass is 9.93. The van der Waals surface area contributed by atoms with Crippen molar-refractivity contribution < 1.29 is 14.7 Å². The van der Waals surface area contributed by atoms with E-state index in [2.05, 4.69) is 0 Å². The standard InChI is InChI=1S/C13H16N2O3/c1-15-11(16)6-5-8-3-2-4-9(13(8)15)10(14)7-12(17)18/h2-4,10H,5-7,14H2,1H3,(H,17,18). The van der Waals surface area contributed by atoms with Crippen LogP contribution in [-0.4, -0.2) is 24.0 Å². The van der Waals surface area contributed by atoms with Gasteiger partial charge in [-0.05, 0) is 17.5 Å². The smallest absolute Gasteiger partial charge is 0.305 e. The minimum Gasteiger partial charge on any atom is -0.481 e. The maximum absolute atomic E-state index is 11.7. The Morgan fingerprint density at radius 1 is 1.50 bits per heavy atom. The number of para-hydroxylation sites is 1. The number of amides is 1. The lowest BCUT2D eigenvalue weighted by Crippen LogP contribution is -2.33. The van der Waals surface area contributed by atoms with Crippen LogP contribution in [0.3, 0.4) is 0 Å². The van der Waals surface area contributed by atoms with Crippen molar-refractivity contribution in [1.29, 1.82) is 0 Å². The second-order valence-corrected chi connectivity index (χ2v) is 4.51. The number of hydrogen-bond acceptors (Lipinski definition) is 3. The molecule has 2 rings (SSSR count). The van der Waals surface area contributed by atoms with Crippen LogP contribution in [0.1, 0.15) is 30.0 Å². The maximum Gasteiger partial charge on any atom is 0.305 e. The number of benzene rings is 1. The van der Waals surface area contributed by atoms with Gasteiger partial charge in [0, 0.05) is 19.5 Å². The molecule has 1 amide bonds. The number of carbonyl (C=O) groups excluding carboxylic acids is 1. The third-order valence-electron chi connectivity index (χ3n) is 3.26. The van der Waals surface area contributed by atoms with Crippen LogP contribution in [0.4, 0.5) is 5.69 Å². The first-order chi connectivity index (χ1) is 8.50. The first kappa shape index (κ1) is 12.6. The van der Waals surface area contributed by atoms with Gasteiger partial charge in [-0.2, -0.15) is 0 Å². The summed E-state index contributed by atoms with van der Waals surface area (Å²) < 4.78 is 0. The van der Waals surface area contributed by atoms with Gasteiger partial charge in [0.15, 0.2) is 0 Å². The quantitative estimate of drug-likeness (QED) is 0.838. The first-order valence-electron chi connectivity index (χ1n) is 5.86. The molecule has 5 nitrogen and oxygen atoms in total. The average Bonchev–Trinajstić information content (AvgIpc) is 2.32. The number of aryl methyl sites for hydroxylation is 1. The fourth-order valence-electron chi connectivity index (χ4n) is 2.35. The normalized spacial score (nSPS) is 16.3. The Bertz CT molecular complexity index is 499. The van der Waals surface area contributed by atoms with Crippen molar-refractivity contribution in [2.45, 2.75) is 25.3 Å². The van der Waals surface area contributed by atoms with Crippen LogP contribution in [-0.2, 0) is 16.0 Å². The number of hydrogen-bond donors (Lipinski definition) is 2. The van der Waals surface area contributed by atoms with Gasteiger partial charge in [0.05, 0.1) is 12.1 Å². The Hall–Kier alpha value is -1.88. The summed E-state index contributed by atoms with van der Waals surface area (Å²) in [6.07, 6.45) is 1.03. The van der Waals surface area contributed by atoms with Crippen molar-refractivity contribution in [3.63, 3.8) is 0 Å². The molecule has 0 bridgehead atoms. The Morgan fingerprint density at radius 3 is 2.89 bits per heavy atom. The Labute approximate surface area is 105 Å². The van der Waals surface area contributed by atoms with Crippen LogP contribution in [0.15, 0.2) is 18.2 Å². The highest BCUT2D eigenvalue weighted by Crippen LogP contribution is 2.34. The van der Waals surface area contributed by atoms with Gasteiger partial charge in [0.2, 0.25) is 5.91 Å². The fraction of sp³-hybridized carbons (Fsp3) is 0.385. The minimum atomic E-state index is -0.940. The molecule has 1 aliphatic heterocycles. The highest BCUT2D eigenvalue weighted by atomic mass is 16.4. The molecule has 5 heteroatoms. The summed E-state index contributed by atoms with van der Waals surface area (Å²) in [6.45, 7) is 0. The van der Waals surface area contributed by atoms with Gasteiger partial charge in [-0.25, -0.2) is 0 Å². The number of fused-ring (bicyclic) bond motifs is 1. The van der Waals surface area contributed by atoms with Gasteiger partial charge in [0.1, 0.15) is 0 Å². The number of rotatable bonds is 3. The lowest BCUT2D eigenvalue weighted by Gasteiger charge is -2.29. The van der Waals surface area contributed by atoms with E-state index in [1.807, 2.05) is 12.1 Å². The van der Waals surface area contributed by atoms with E-state index in [9.17, 15) is 9.59 Å². The van der Waals surface area contributed by atoms with Crippen LogP contribution in [0.25, 0.3) is 0 Å². The van der Waals surface area contributed by atoms with Gasteiger partial charge in [-0.3, -0.25) is 9.59 Å². The highest BCUT2D eigenvalue weighted by Gasteiger charge is 2.26. The van der Waals surface area contributed by atoms with Crippen molar-refractivity contribution in [3.05, 3.63) is 29.3 Å². The molecule has 96 valence electrons. The Balaban J connectivity index is 2.43. The molecule has 1 heterocycles. The molecule has 18 heavy (non-hydrogen) atoms. The third-order valence-corrected chi connectivity index (χ3v) is 3.26. The van der Waals surface area contributed by atoms with Gasteiger partial charge < -0.3 is 15.7 Å². The number of carboxylic acid groups (broad SMARTS) is 1. The number of carbonyl (C=O) groups is 2. The van der Waals surface area contributed by atoms with Crippen molar-refractivity contribution >= 4 is 17.6 Å². The zero-order valence-corrected chi connectivity index (χ0v) is 10.2. The van der Waals surface area contributed by atoms with Gasteiger partial charge in [-0.15, -0.1) is 0 Å². The molecular weight excluding hydrogens is 232 g/mol. The first-order valence-corrected chi connectivity index (χ1v) is 5.86. The van der Waals surface area contributed by atoms with Gasteiger partial charge >= 0.3 is 5.97 Å². The maximum atomic E-state index is 11.7. The van der Waals surface area contributed by atoms with E-state index >= 15 is 0 Å². The van der Waals surface area contributed by atoms with E-state index in [0.717, 1.165) is 16.8 Å². The topological polar surface area (TPSA) is 83.6 Å². The largest absolute Gasteiger partial charge is 0.481 e. The molecule has 0 fully saturated rings. The number of carboxylic acids is 1. The fourth-order valence-corrected chi connectivity index (χ4v) is 2.35. The van der Waals surface area contributed by atoms with E-state index in [0.29, 0.717) is 12.8 Å². The molecule has 3 N–H and O–H groups in total. The Kier molecular flexibility index (Phi) is 3.34. The summed E-state index contributed by atoms with van der Waals surface area (Å²) in [5.74, 6) is -0.901. The van der Waals surface area contributed by atoms with Gasteiger partial charge in [0.25, 0.3) is 0 Å². The number of aliphatic carboxylic acids is 1. The van der Waals surface area contributed by atoms with E-state index in [1.54, 1.807) is 18.0 Å². The van der Waals surface area contributed by atoms with Crippen molar-refractivity contribution in [1.82, 2.24) is 0 Å². The van der Waals surface area contributed by atoms with Crippen LogP contribution in [0.2, 0.25) is 0 Å². The zero-order chi connectivity index (χ0) is 13.3. The van der Waals surface area contributed by atoms with Crippen LogP contribution in [0, 0.1) is 0 Å². The van der Waals surface area contributed by atoms with Crippen LogP contribution < -0.4 is 10.6 Å². The van der Waals surface area contributed by atoms with Crippen LogP contribution in [0.5, 0.6) is 0 Å².